The first-order valence-electron chi connectivity index (χ1n) is 5.98. The molecule has 0 radical (unpaired) electrons. The van der Waals surface area contributed by atoms with E-state index in [2.05, 4.69) is 5.16 Å². The van der Waals surface area contributed by atoms with Crippen LogP contribution in [-0.4, -0.2) is 17.2 Å². The molecule has 0 spiro atoms. The van der Waals surface area contributed by atoms with Crippen molar-refractivity contribution in [3.8, 4) is 0 Å². The van der Waals surface area contributed by atoms with E-state index in [1.807, 2.05) is 0 Å². The van der Waals surface area contributed by atoms with Gasteiger partial charge in [0.2, 0.25) is 0 Å². The number of carbonyl (C=O) groups is 1. The Hall–Kier alpha value is -2.84. The van der Waals surface area contributed by atoms with Gasteiger partial charge >= 0.3 is 17.7 Å². The molecule has 0 saturated heterocycles. The number of halogens is 3. The molecule has 0 bridgehead atoms. The smallest absolute Gasteiger partial charge is 0.422 e. The maximum absolute atomic E-state index is 12.3. The number of rotatable bonds is 1. The first-order valence-corrected chi connectivity index (χ1v) is 5.98. The zero-order valence-electron chi connectivity index (χ0n) is 10.9. The first kappa shape index (κ1) is 14.1. The Labute approximate surface area is 119 Å². The highest BCUT2D eigenvalue weighted by molar-refractivity contribution is 6.08. The van der Waals surface area contributed by atoms with Crippen molar-refractivity contribution in [3.63, 3.8) is 0 Å². The molecule has 1 N–H and O–H groups in total. The van der Waals surface area contributed by atoms with Gasteiger partial charge < -0.3 is 8.94 Å². The van der Waals surface area contributed by atoms with E-state index >= 15 is 0 Å². The topological polar surface area (TPSA) is 85.3 Å². The molecule has 0 aliphatic carbocycles. The maximum atomic E-state index is 12.3. The van der Waals surface area contributed by atoms with Crippen molar-refractivity contribution < 1.29 is 26.9 Å². The van der Waals surface area contributed by atoms with E-state index in [-0.39, 0.29) is 16.6 Å². The highest BCUT2D eigenvalue weighted by Gasteiger charge is 2.39. The second-order valence-electron chi connectivity index (χ2n) is 4.58. The molecule has 6 nitrogen and oxygen atoms in total. The molecule has 0 fully saturated rings. The molecule has 3 aromatic rings. The summed E-state index contributed by atoms with van der Waals surface area (Å²) in [6.45, 7) is 1.78. The number of alkyl halides is 3. The third kappa shape index (κ3) is 2.20. The molecular formula is C13H7F3N2O4. The Morgan fingerprint density at radius 1 is 1.32 bits per heavy atom. The van der Waals surface area contributed by atoms with Crippen LogP contribution in [0.1, 0.15) is 5.56 Å². The third-order valence-electron chi connectivity index (χ3n) is 2.97. The Morgan fingerprint density at radius 3 is 2.73 bits per heavy atom. The SMILES string of the molecule is Cc1ccc2oc(=O)c3c(NC(=O)C(F)(F)F)noc3c2c1. The van der Waals surface area contributed by atoms with Gasteiger partial charge in [0.25, 0.3) is 0 Å². The number of hydrogen-bond donors (Lipinski definition) is 1. The monoisotopic (exact) mass is 312 g/mol. The number of carbonyl (C=O) groups excluding carboxylic acids is 1. The number of fused-ring (bicyclic) bond motifs is 3. The van der Waals surface area contributed by atoms with Crippen LogP contribution >= 0.6 is 0 Å². The van der Waals surface area contributed by atoms with Crippen molar-refractivity contribution in [2.45, 2.75) is 13.1 Å². The summed E-state index contributed by atoms with van der Waals surface area (Å²) in [6, 6.07) is 4.85. The van der Waals surface area contributed by atoms with Crippen LogP contribution in [0.3, 0.4) is 0 Å². The molecule has 1 amide bonds. The molecule has 0 aliphatic heterocycles. The summed E-state index contributed by atoms with van der Waals surface area (Å²) in [5.41, 5.74) is 0.0189. The summed E-state index contributed by atoms with van der Waals surface area (Å²) in [5.74, 6) is -2.89. The molecule has 3 rings (SSSR count). The van der Waals surface area contributed by atoms with E-state index in [0.29, 0.717) is 5.39 Å². The van der Waals surface area contributed by atoms with Crippen LogP contribution < -0.4 is 10.9 Å². The Bertz CT molecular complexity index is 955. The lowest BCUT2D eigenvalue weighted by atomic mass is 10.1. The summed E-state index contributed by atoms with van der Waals surface area (Å²) >= 11 is 0. The van der Waals surface area contributed by atoms with Gasteiger partial charge in [0.15, 0.2) is 16.8 Å². The lowest BCUT2D eigenvalue weighted by Gasteiger charge is -2.04. The number of benzene rings is 1. The average molecular weight is 312 g/mol. The van der Waals surface area contributed by atoms with Crippen molar-refractivity contribution >= 4 is 33.7 Å². The number of amides is 1. The predicted molar refractivity (Wildman–Crippen MR) is 69.5 cm³/mol. The summed E-state index contributed by atoms with van der Waals surface area (Å²) in [6.07, 6.45) is -5.11. The number of nitrogens with one attached hydrogen (secondary N) is 1. The molecule has 0 atom stereocenters. The number of anilines is 1. The zero-order valence-corrected chi connectivity index (χ0v) is 10.9. The molecule has 1 aromatic carbocycles. The fourth-order valence-corrected chi connectivity index (χ4v) is 1.99. The van der Waals surface area contributed by atoms with Crippen LogP contribution in [0.5, 0.6) is 0 Å². The molecular weight excluding hydrogens is 305 g/mol. The lowest BCUT2D eigenvalue weighted by molar-refractivity contribution is -0.167. The quantitative estimate of drug-likeness (QED) is 0.698. The second-order valence-corrected chi connectivity index (χ2v) is 4.58. The molecule has 22 heavy (non-hydrogen) atoms. The first-order chi connectivity index (χ1) is 10.3. The lowest BCUT2D eigenvalue weighted by Crippen LogP contribution is -2.30. The third-order valence-corrected chi connectivity index (χ3v) is 2.97. The van der Waals surface area contributed by atoms with Crippen LogP contribution in [-0.2, 0) is 4.79 Å². The predicted octanol–water partition coefficient (Wildman–Crippen LogP) is 2.74. The standard InChI is InChI=1S/C13H7F3N2O4/c1-5-2-3-7-6(4-5)9-8(11(19)21-7)10(18-22-9)17-12(20)13(14,15)16/h2-4H,1H3,(H,17,18,20). The minimum Gasteiger partial charge on any atom is -0.422 e. The van der Waals surface area contributed by atoms with Crippen LogP contribution in [0.25, 0.3) is 21.9 Å². The fourth-order valence-electron chi connectivity index (χ4n) is 1.99. The Balaban J connectivity index is 2.23. The molecule has 9 heteroatoms. The van der Waals surface area contributed by atoms with Gasteiger partial charge in [-0.1, -0.05) is 16.8 Å². The zero-order chi connectivity index (χ0) is 16.1. The second kappa shape index (κ2) is 4.58. The van der Waals surface area contributed by atoms with Gasteiger partial charge in [-0.15, -0.1) is 0 Å². The van der Waals surface area contributed by atoms with Crippen LogP contribution in [0, 0.1) is 6.92 Å². The average Bonchev–Trinajstić information content (AvgIpc) is 2.83. The van der Waals surface area contributed by atoms with Gasteiger partial charge in [-0.25, -0.2) is 4.79 Å². The van der Waals surface area contributed by atoms with E-state index in [9.17, 15) is 22.8 Å². The number of nitrogens with zero attached hydrogens (tertiary/aromatic N) is 1. The van der Waals surface area contributed by atoms with Crippen molar-refractivity contribution in [2.75, 3.05) is 5.32 Å². The summed E-state index contributed by atoms with van der Waals surface area (Å²) in [7, 11) is 0. The normalized spacial score (nSPS) is 12.0. The molecule has 0 saturated carbocycles. The van der Waals surface area contributed by atoms with E-state index in [4.69, 9.17) is 8.94 Å². The minimum absolute atomic E-state index is 0.0487. The fraction of sp³-hybridized carbons (Fsp3) is 0.154. The number of aryl methyl sites for hydroxylation is 1. The van der Waals surface area contributed by atoms with Gasteiger partial charge in [-0.2, -0.15) is 13.2 Å². The van der Waals surface area contributed by atoms with E-state index in [1.165, 1.54) is 11.4 Å². The van der Waals surface area contributed by atoms with Crippen molar-refractivity contribution in [1.29, 1.82) is 0 Å². The van der Waals surface area contributed by atoms with Crippen molar-refractivity contribution in [1.82, 2.24) is 5.16 Å². The molecule has 2 heterocycles. The van der Waals surface area contributed by atoms with Crippen molar-refractivity contribution in [3.05, 3.63) is 34.2 Å². The Kier molecular flexibility index (Phi) is 2.94. The summed E-state index contributed by atoms with van der Waals surface area (Å²) < 4.78 is 46.8. The van der Waals surface area contributed by atoms with Crippen LogP contribution in [0.15, 0.2) is 31.9 Å². The van der Waals surface area contributed by atoms with Gasteiger partial charge in [-0.3, -0.25) is 10.1 Å². The summed E-state index contributed by atoms with van der Waals surface area (Å²) in [4.78, 5) is 22.8. The van der Waals surface area contributed by atoms with Gasteiger partial charge in [0, 0.05) is 0 Å². The van der Waals surface area contributed by atoms with Gasteiger partial charge in [0.05, 0.1) is 5.39 Å². The van der Waals surface area contributed by atoms with Gasteiger partial charge in [-0.05, 0) is 19.1 Å². The van der Waals surface area contributed by atoms with E-state index in [1.54, 1.807) is 19.1 Å². The number of hydrogen-bond acceptors (Lipinski definition) is 5. The minimum atomic E-state index is -5.11. The molecule has 0 unspecified atom stereocenters. The van der Waals surface area contributed by atoms with Crippen molar-refractivity contribution in [2.24, 2.45) is 0 Å². The maximum Gasteiger partial charge on any atom is 0.471 e. The van der Waals surface area contributed by atoms with Gasteiger partial charge in [0.1, 0.15) is 5.58 Å². The van der Waals surface area contributed by atoms with E-state index < -0.39 is 23.5 Å². The molecule has 2 aromatic heterocycles. The molecule has 0 aliphatic rings. The highest BCUT2D eigenvalue weighted by Crippen LogP contribution is 2.29. The highest BCUT2D eigenvalue weighted by atomic mass is 19.4. The van der Waals surface area contributed by atoms with E-state index in [0.717, 1.165) is 5.56 Å². The largest absolute Gasteiger partial charge is 0.471 e. The van der Waals surface area contributed by atoms with Crippen LogP contribution in [0.2, 0.25) is 0 Å². The molecule has 114 valence electrons. The van der Waals surface area contributed by atoms with Crippen LogP contribution in [0.4, 0.5) is 19.0 Å². The number of aromatic nitrogens is 1. The Morgan fingerprint density at radius 2 is 2.05 bits per heavy atom. The summed E-state index contributed by atoms with van der Waals surface area (Å²) in [5, 5.41) is 4.84.